The minimum atomic E-state index is -1.70. The van der Waals surface area contributed by atoms with Crippen molar-refractivity contribution in [2.24, 2.45) is 0 Å². The minimum Gasteiger partial charge on any atom is -0.488 e. The van der Waals surface area contributed by atoms with Gasteiger partial charge in [-0.1, -0.05) is 46.3 Å². The smallest absolute Gasteiger partial charge is 0.255 e. The van der Waals surface area contributed by atoms with Crippen molar-refractivity contribution >= 4 is 33.4 Å². The summed E-state index contributed by atoms with van der Waals surface area (Å²) in [5.74, 6) is -5.69. The molecule has 0 saturated carbocycles. The predicted octanol–water partition coefficient (Wildman–Crippen LogP) is 4.81. The SMILES string of the molecule is O=C(CNC(=O)c1ccccc1OCc1ccccc1Br)Nc1ccc(F)c(F)c1F. The highest BCUT2D eigenvalue weighted by molar-refractivity contribution is 9.10. The molecule has 0 aliphatic carbocycles. The van der Waals surface area contributed by atoms with Crippen molar-refractivity contribution in [1.29, 1.82) is 0 Å². The van der Waals surface area contributed by atoms with Gasteiger partial charge >= 0.3 is 0 Å². The Morgan fingerprint density at radius 2 is 1.61 bits per heavy atom. The number of carbonyl (C=O) groups is 2. The van der Waals surface area contributed by atoms with Gasteiger partial charge in [-0.2, -0.15) is 0 Å². The number of halogens is 4. The Labute approximate surface area is 184 Å². The molecular formula is C22H16BrF3N2O3. The van der Waals surface area contributed by atoms with Crippen LogP contribution in [-0.4, -0.2) is 18.4 Å². The molecule has 2 N–H and O–H groups in total. The lowest BCUT2D eigenvalue weighted by Gasteiger charge is -2.13. The molecule has 0 spiro atoms. The number of carbonyl (C=O) groups excluding carboxylic acids is 2. The molecule has 0 aliphatic heterocycles. The lowest BCUT2D eigenvalue weighted by atomic mass is 10.2. The van der Waals surface area contributed by atoms with Gasteiger partial charge in [-0.15, -0.1) is 0 Å². The van der Waals surface area contributed by atoms with Crippen molar-refractivity contribution in [3.63, 3.8) is 0 Å². The number of benzene rings is 3. The lowest BCUT2D eigenvalue weighted by molar-refractivity contribution is -0.115. The molecule has 160 valence electrons. The van der Waals surface area contributed by atoms with Gasteiger partial charge in [0.25, 0.3) is 5.91 Å². The summed E-state index contributed by atoms with van der Waals surface area (Å²) >= 11 is 3.42. The predicted molar refractivity (Wildman–Crippen MR) is 112 cm³/mol. The molecule has 0 aliphatic rings. The summed E-state index contributed by atoms with van der Waals surface area (Å²) in [4.78, 5) is 24.5. The highest BCUT2D eigenvalue weighted by Crippen LogP contribution is 2.22. The topological polar surface area (TPSA) is 67.4 Å². The molecule has 0 radical (unpaired) electrons. The van der Waals surface area contributed by atoms with Gasteiger partial charge in [0.1, 0.15) is 12.4 Å². The van der Waals surface area contributed by atoms with Crippen LogP contribution in [0.25, 0.3) is 0 Å². The molecule has 3 aromatic carbocycles. The van der Waals surface area contributed by atoms with Gasteiger partial charge in [0, 0.05) is 10.0 Å². The van der Waals surface area contributed by atoms with Crippen LogP contribution in [0.1, 0.15) is 15.9 Å². The first-order valence-corrected chi connectivity index (χ1v) is 9.83. The summed E-state index contributed by atoms with van der Waals surface area (Å²) in [6.45, 7) is -0.308. The van der Waals surface area contributed by atoms with Crippen LogP contribution in [0, 0.1) is 17.5 Å². The first kappa shape index (κ1) is 22.4. The van der Waals surface area contributed by atoms with E-state index in [1.54, 1.807) is 18.2 Å². The molecular weight excluding hydrogens is 477 g/mol. The Balaban J connectivity index is 1.61. The number of anilines is 1. The lowest BCUT2D eigenvalue weighted by Crippen LogP contribution is -2.33. The number of amides is 2. The second kappa shape index (κ2) is 10.1. The first-order valence-electron chi connectivity index (χ1n) is 9.03. The summed E-state index contributed by atoms with van der Waals surface area (Å²) in [6.07, 6.45) is 0. The van der Waals surface area contributed by atoms with Crippen LogP contribution < -0.4 is 15.4 Å². The van der Waals surface area contributed by atoms with E-state index in [9.17, 15) is 22.8 Å². The van der Waals surface area contributed by atoms with Crippen molar-refractivity contribution in [3.8, 4) is 5.75 Å². The summed E-state index contributed by atoms with van der Waals surface area (Å²) < 4.78 is 46.5. The third kappa shape index (κ3) is 5.64. The number of hydrogen-bond donors (Lipinski definition) is 2. The summed E-state index contributed by atoms with van der Waals surface area (Å²) in [5.41, 5.74) is 0.544. The molecule has 3 rings (SSSR count). The van der Waals surface area contributed by atoms with Crippen molar-refractivity contribution in [2.75, 3.05) is 11.9 Å². The quantitative estimate of drug-likeness (QED) is 0.465. The Kier molecular flexibility index (Phi) is 7.30. The molecule has 0 atom stereocenters. The van der Waals surface area contributed by atoms with Crippen molar-refractivity contribution in [3.05, 3.63) is 93.7 Å². The minimum absolute atomic E-state index is 0.196. The molecule has 0 fully saturated rings. The van der Waals surface area contributed by atoms with Crippen LogP contribution in [0.5, 0.6) is 5.75 Å². The maximum atomic E-state index is 13.7. The van der Waals surface area contributed by atoms with E-state index in [0.29, 0.717) is 11.8 Å². The molecule has 31 heavy (non-hydrogen) atoms. The number of hydrogen-bond acceptors (Lipinski definition) is 3. The van der Waals surface area contributed by atoms with E-state index in [1.807, 2.05) is 24.3 Å². The maximum absolute atomic E-state index is 13.7. The number of para-hydroxylation sites is 1. The van der Waals surface area contributed by atoms with Crippen LogP contribution >= 0.6 is 15.9 Å². The molecule has 0 unspecified atom stereocenters. The fraction of sp³-hybridized carbons (Fsp3) is 0.0909. The zero-order valence-corrected chi connectivity index (χ0v) is 17.5. The van der Waals surface area contributed by atoms with Gasteiger partial charge in [0.2, 0.25) is 5.91 Å². The fourth-order valence-corrected chi connectivity index (χ4v) is 3.02. The van der Waals surface area contributed by atoms with Gasteiger partial charge in [0.15, 0.2) is 17.5 Å². The van der Waals surface area contributed by atoms with Gasteiger partial charge in [-0.25, -0.2) is 13.2 Å². The standard InChI is InChI=1S/C22H16BrF3N2O3/c23-15-7-3-1-5-13(15)12-31-18-8-4-2-6-14(18)22(30)27-11-19(29)28-17-10-9-16(24)20(25)21(17)26/h1-10H,11-12H2,(H,27,30)(H,28,29). The average Bonchev–Trinajstić information content (AvgIpc) is 2.77. The number of rotatable bonds is 7. The van der Waals surface area contributed by atoms with Gasteiger partial charge in [-0.3, -0.25) is 9.59 Å². The number of nitrogens with one attached hydrogen (secondary N) is 2. The normalized spacial score (nSPS) is 10.5. The summed E-state index contributed by atoms with van der Waals surface area (Å²) in [5, 5.41) is 4.46. The van der Waals surface area contributed by atoms with E-state index >= 15 is 0 Å². The Bertz CT molecular complexity index is 1120. The van der Waals surface area contributed by atoms with Crippen LogP contribution in [0.2, 0.25) is 0 Å². The molecule has 9 heteroatoms. The average molecular weight is 493 g/mol. The second-order valence-electron chi connectivity index (χ2n) is 6.33. The van der Waals surface area contributed by atoms with E-state index in [4.69, 9.17) is 4.74 Å². The van der Waals surface area contributed by atoms with Crippen molar-refractivity contribution in [2.45, 2.75) is 6.61 Å². The van der Waals surface area contributed by atoms with E-state index in [2.05, 4.69) is 26.6 Å². The summed E-state index contributed by atoms with van der Waals surface area (Å²) in [6, 6.07) is 15.5. The third-order valence-corrected chi connectivity index (χ3v) is 4.97. The molecule has 0 aromatic heterocycles. The van der Waals surface area contributed by atoms with E-state index < -0.39 is 41.5 Å². The van der Waals surface area contributed by atoms with E-state index in [1.165, 1.54) is 6.07 Å². The van der Waals surface area contributed by atoms with E-state index in [-0.39, 0.29) is 12.2 Å². The molecule has 0 heterocycles. The van der Waals surface area contributed by atoms with Gasteiger partial charge in [-0.05, 0) is 30.3 Å². The Morgan fingerprint density at radius 1 is 0.903 bits per heavy atom. The van der Waals surface area contributed by atoms with Crippen LogP contribution in [-0.2, 0) is 11.4 Å². The molecule has 3 aromatic rings. The maximum Gasteiger partial charge on any atom is 0.255 e. The number of ether oxygens (including phenoxy) is 1. The molecule has 0 saturated heterocycles. The summed E-state index contributed by atoms with van der Waals surface area (Å²) in [7, 11) is 0. The highest BCUT2D eigenvalue weighted by atomic mass is 79.9. The molecule has 0 bridgehead atoms. The zero-order valence-electron chi connectivity index (χ0n) is 15.9. The van der Waals surface area contributed by atoms with E-state index in [0.717, 1.165) is 16.1 Å². The van der Waals surface area contributed by atoms with Crippen LogP contribution in [0.15, 0.2) is 65.1 Å². The highest BCUT2D eigenvalue weighted by Gasteiger charge is 2.17. The first-order chi connectivity index (χ1) is 14.9. The van der Waals surface area contributed by atoms with Crippen molar-refractivity contribution < 1.29 is 27.5 Å². The van der Waals surface area contributed by atoms with Crippen LogP contribution in [0.3, 0.4) is 0 Å². The molecule has 2 amide bonds. The van der Waals surface area contributed by atoms with Gasteiger partial charge in [0.05, 0.1) is 17.8 Å². The second-order valence-corrected chi connectivity index (χ2v) is 7.18. The zero-order chi connectivity index (χ0) is 22.4. The van der Waals surface area contributed by atoms with Crippen molar-refractivity contribution in [1.82, 2.24) is 5.32 Å². The fourth-order valence-electron chi connectivity index (χ4n) is 2.62. The monoisotopic (exact) mass is 492 g/mol. The largest absolute Gasteiger partial charge is 0.488 e. The Morgan fingerprint density at radius 3 is 2.39 bits per heavy atom. The third-order valence-electron chi connectivity index (χ3n) is 4.19. The van der Waals surface area contributed by atoms with Gasteiger partial charge < -0.3 is 15.4 Å². The Hall–Kier alpha value is -3.33. The van der Waals surface area contributed by atoms with Crippen LogP contribution in [0.4, 0.5) is 18.9 Å². The molecule has 5 nitrogen and oxygen atoms in total.